The van der Waals surface area contributed by atoms with E-state index in [1.165, 1.54) is 13.8 Å². The minimum Gasteiger partial charge on any atom is -0.378 e. The smallest absolute Gasteiger partial charge is 0.234 e. The first-order chi connectivity index (χ1) is 23.9. The molecule has 0 aliphatic rings. The zero-order chi connectivity index (χ0) is 48.0. The molecule has 0 atom stereocenters. The number of carbonyl (C=O) groups excluding carboxylic acids is 5. The Morgan fingerprint density at radius 2 is 0.893 bits per heavy atom. The van der Waals surface area contributed by atoms with Gasteiger partial charge in [-0.2, -0.15) is 0 Å². The Hall–Kier alpha value is -1.72. The third-order valence-electron chi connectivity index (χ3n) is 4.86. The van der Waals surface area contributed by atoms with Crippen molar-refractivity contribution in [1.29, 1.82) is 0 Å². The molecule has 0 aromatic rings. The summed E-state index contributed by atoms with van der Waals surface area (Å²) in [5, 5.41) is 5.11. The molecule has 0 spiro atoms. The van der Waals surface area contributed by atoms with E-state index in [0.29, 0.717) is 36.9 Å². The summed E-state index contributed by atoms with van der Waals surface area (Å²) in [5.41, 5.74) is 2.18. The van der Waals surface area contributed by atoms with Crippen molar-refractivity contribution < 1.29 is 32.4 Å². The Bertz CT molecular complexity index is 1120. The Balaban J connectivity index is -0.0000000787. The van der Waals surface area contributed by atoms with E-state index in [2.05, 4.69) is 113 Å². The van der Waals surface area contributed by atoms with E-state index in [0.717, 1.165) is 6.29 Å². The molecule has 56 heavy (non-hydrogen) atoms. The lowest BCUT2D eigenvalue weighted by molar-refractivity contribution is -0.124. The molecule has 0 fully saturated rings. The van der Waals surface area contributed by atoms with Gasteiger partial charge in [0.1, 0.15) is 23.6 Å². The van der Waals surface area contributed by atoms with Crippen LogP contribution in [-0.4, -0.2) is 60.3 Å². The van der Waals surface area contributed by atoms with Crippen molar-refractivity contribution in [1.82, 2.24) is 10.6 Å². The summed E-state index contributed by atoms with van der Waals surface area (Å²) in [6.07, 6.45) is 3.72. The van der Waals surface area contributed by atoms with Crippen LogP contribution in [0.15, 0.2) is 0 Å². The van der Waals surface area contributed by atoms with Crippen LogP contribution in [0.3, 0.4) is 0 Å². The van der Waals surface area contributed by atoms with Crippen molar-refractivity contribution in [3.05, 3.63) is 0 Å². The van der Waals surface area contributed by atoms with E-state index in [-0.39, 0.29) is 44.3 Å². The number of ketones is 3. The monoisotopic (exact) mass is 861 g/mol. The van der Waals surface area contributed by atoms with E-state index in [1.54, 1.807) is 19.3 Å². The molecule has 0 unspecified atom stereocenters. The summed E-state index contributed by atoms with van der Waals surface area (Å²) in [6, 6.07) is 0. The van der Waals surface area contributed by atoms with E-state index >= 15 is 0 Å². The number of amides is 1. The van der Waals surface area contributed by atoms with Gasteiger partial charge >= 0.3 is 0 Å². The quantitative estimate of drug-likeness (QED) is 0.151. The fourth-order valence-corrected chi connectivity index (χ4v) is 2.17. The van der Waals surface area contributed by atoms with Gasteiger partial charge in [0.05, 0.1) is 10.7 Å². The molecule has 0 saturated heterocycles. The van der Waals surface area contributed by atoms with Crippen LogP contribution >= 0.6 is 22.9 Å². The summed E-state index contributed by atoms with van der Waals surface area (Å²) in [5.74, 6) is 0.882. The Morgan fingerprint density at radius 1 is 0.643 bits per heavy atom. The molecular formula is C44H93ClN2O7S2. The van der Waals surface area contributed by atoms with Crippen molar-refractivity contribution in [3.63, 3.8) is 0 Å². The van der Waals surface area contributed by atoms with Crippen molar-refractivity contribution in [2.75, 3.05) is 0 Å². The minimum atomic E-state index is -3.27. The highest BCUT2D eigenvalue weighted by Crippen LogP contribution is 2.19. The molecule has 340 valence electrons. The lowest BCUT2D eigenvalue weighted by Crippen LogP contribution is -2.34. The van der Waals surface area contributed by atoms with Gasteiger partial charge in [-0.25, -0.2) is 8.42 Å². The van der Waals surface area contributed by atoms with Gasteiger partial charge in [-0.05, 0) is 85.5 Å². The molecule has 0 rings (SSSR count). The van der Waals surface area contributed by atoms with Crippen LogP contribution in [0.4, 0.5) is 0 Å². The number of hydrogen-bond donors (Lipinski definition) is 2. The van der Waals surface area contributed by atoms with Crippen LogP contribution in [0.5, 0.6) is 0 Å². The molecular weight excluding hydrogens is 768 g/mol. The number of aldehydes is 1. The maximum atomic E-state index is 10.8. The molecule has 0 aromatic heterocycles. The Kier molecular flexibility index (Phi) is 42.6. The predicted molar refractivity (Wildman–Crippen MR) is 250 cm³/mol. The number of hydrogen-bond acceptors (Lipinski definition) is 8. The maximum Gasteiger partial charge on any atom is 0.234 e. The fraction of sp³-hybridized carbons (Fsp3) is 0.864. The van der Waals surface area contributed by atoms with Crippen molar-refractivity contribution >= 4 is 67.5 Å². The SMILES string of the molecule is CC(=O)C(C)(C)C.CC(=O)CC(C)(C)C.CC(C)(C)C.CC(C)(C)C=O.CC(C)(C)NC=O.CC(C)(C)NC=S.CC(C)S(=O)(=O)Cl.CCC(=O)CC(C)(C)C. The van der Waals surface area contributed by atoms with Crippen LogP contribution in [0.2, 0.25) is 0 Å². The largest absolute Gasteiger partial charge is 0.378 e. The lowest BCUT2D eigenvalue weighted by Gasteiger charge is -2.16. The molecule has 0 saturated carbocycles. The Morgan fingerprint density at radius 3 is 0.911 bits per heavy atom. The highest BCUT2D eigenvalue weighted by molar-refractivity contribution is 8.14. The number of thiocarbonyl (C=S) groups is 1. The van der Waals surface area contributed by atoms with Crippen LogP contribution in [0.25, 0.3) is 0 Å². The van der Waals surface area contributed by atoms with Gasteiger partial charge in [0.2, 0.25) is 15.5 Å². The second-order valence-electron chi connectivity index (χ2n) is 21.9. The first-order valence-corrected chi connectivity index (χ1v) is 22.1. The van der Waals surface area contributed by atoms with Crippen LogP contribution in [-0.2, 0) is 33.0 Å². The third-order valence-corrected chi connectivity index (χ3v) is 7.17. The van der Waals surface area contributed by atoms with E-state index in [1.807, 2.05) is 69.2 Å². The van der Waals surface area contributed by atoms with Gasteiger partial charge in [-0.3, -0.25) is 14.4 Å². The average molecular weight is 862 g/mol. The van der Waals surface area contributed by atoms with E-state index in [9.17, 15) is 32.4 Å². The van der Waals surface area contributed by atoms with Gasteiger partial charge in [0.25, 0.3) is 0 Å². The molecule has 0 aliphatic heterocycles. The van der Waals surface area contributed by atoms with Gasteiger partial charge in [-0.1, -0.05) is 130 Å². The summed E-state index contributed by atoms with van der Waals surface area (Å²) >= 11 is 4.56. The van der Waals surface area contributed by atoms with Gasteiger partial charge in [0.15, 0.2) is 0 Å². The molecule has 9 nitrogen and oxygen atoms in total. The molecule has 1 amide bonds. The van der Waals surface area contributed by atoms with Gasteiger partial charge in [-0.15, -0.1) is 0 Å². The summed E-state index contributed by atoms with van der Waals surface area (Å²) < 4.78 is 20.2. The summed E-state index contributed by atoms with van der Waals surface area (Å²) in [6.45, 7) is 52.8. The second-order valence-corrected chi connectivity index (χ2v) is 25.3. The number of Topliss-reactive ketones (excluding diaryl/α,β-unsaturated/α-hetero) is 3. The highest BCUT2D eigenvalue weighted by Gasteiger charge is 2.15. The first-order valence-electron chi connectivity index (χ1n) is 19.3. The van der Waals surface area contributed by atoms with E-state index in [4.69, 9.17) is 10.7 Å². The molecule has 0 aromatic carbocycles. The number of halogens is 1. The van der Waals surface area contributed by atoms with Crippen molar-refractivity contribution in [2.45, 2.75) is 223 Å². The van der Waals surface area contributed by atoms with Crippen LogP contribution in [0, 0.1) is 27.1 Å². The third kappa shape index (κ3) is 124. The Labute approximate surface area is 358 Å². The molecule has 0 radical (unpaired) electrons. The zero-order valence-corrected chi connectivity index (χ0v) is 43.9. The van der Waals surface area contributed by atoms with Crippen LogP contribution < -0.4 is 10.6 Å². The summed E-state index contributed by atoms with van der Waals surface area (Å²) in [4.78, 5) is 51.3. The second kappa shape index (κ2) is 33.1. The number of nitrogens with one attached hydrogen (secondary N) is 2. The topological polar surface area (TPSA) is 144 Å². The van der Waals surface area contributed by atoms with Crippen molar-refractivity contribution in [3.8, 4) is 0 Å². The summed E-state index contributed by atoms with van der Waals surface area (Å²) in [7, 11) is 1.57. The average Bonchev–Trinajstić information content (AvgIpc) is 2.84. The molecule has 0 bridgehead atoms. The van der Waals surface area contributed by atoms with Gasteiger partial charge in [0, 0.05) is 51.9 Å². The highest BCUT2D eigenvalue weighted by atomic mass is 35.7. The minimum absolute atomic E-state index is 0.0677. The number of rotatable bonds is 6. The first kappa shape index (κ1) is 71.9. The van der Waals surface area contributed by atoms with Gasteiger partial charge < -0.3 is 20.2 Å². The van der Waals surface area contributed by atoms with Crippen molar-refractivity contribution in [2.24, 2.45) is 27.1 Å². The standard InChI is InChI=1S/C8H16O.C7H14O.C6H12O.C5H11NO.C5H11NS.C5H10O.C5H12.C3H7ClO2S/c1-5-7(9)6-8(2,3)4;1-6(8)5-7(2,3)4;1-5(7)6(2,3)4;2*1-5(2,3)6-4-7;1-5(2,3)4-6;1-5(2,3)4;1-3(2)7(4,5)6/h5-6H2,1-4H3;5H2,1-4H3;1-4H3;2*4H,1-3H3,(H,6,7);4H,1-3H3;1-4H3;3H,1-2H3. The van der Waals surface area contributed by atoms with Crippen LogP contribution in [0.1, 0.15) is 206 Å². The molecule has 2 N–H and O–H groups in total. The molecule has 12 heteroatoms. The molecule has 0 aliphatic carbocycles. The fourth-order valence-electron chi connectivity index (χ4n) is 1.82. The van der Waals surface area contributed by atoms with E-state index < -0.39 is 14.3 Å². The predicted octanol–water partition coefficient (Wildman–Crippen LogP) is 12.1. The lowest BCUT2D eigenvalue weighted by atomic mass is 9.89. The zero-order valence-electron chi connectivity index (χ0n) is 41.5. The number of carbonyl (C=O) groups is 5. The molecule has 0 heterocycles. The normalized spacial score (nSPS) is 11.4. The maximum absolute atomic E-state index is 10.8.